The molecule has 0 aromatic heterocycles. The highest BCUT2D eigenvalue weighted by Crippen LogP contribution is 2.37. The van der Waals surface area contributed by atoms with Crippen molar-refractivity contribution in [1.29, 1.82) is 0 Å². The van der Waals surface area contributed by atoms with Crippen molar-refractivity contribution in [1.82, 2.24) is 0 Å². The molecule has 2 aliphatic rings. The zero-order valence-corrected chi connectivity index (χ0v) is 17.9. The van der Waals surface area contributed by atoms with Crippen LogP contribution in [0.25, 0.3) is 0 Å². The van der Waals surface area contributed by atoms with Gasteiger partial charge in [-0.1, -0.05) is 0 Å². The maximum Gasteiger partial charge on any atom is 0.416 e. The van der Waals surface area contributed by atoms with Crippen molar-refractivity contribution < 1.29 is 37.1 Å². The van der Waals surface area contributed by atoms with Crippen LogP contribution in [-0.4, -0.2) is 36.3 Å². The van der Waals surface area contributed by atoms with Crippen LogP contribution in [0.5, 0.6) is 0 Å². The SMILES string of the molecule is CC(OC(=O)c1ccc(NC(=O)C2CC2)cc1)C(=O)N1CC(=O)Nc2cc(C(F)(F)F)ccc21. The summed E-state index contributed by atoms with van der Waals surface area (Å²) in [5.74, 6) is -2.31. The van der Waals surface area contributed by atoms with Crippen molar-refractivity contribution in [2.24, 2.45) is 5.92 Å². The van der Waals surface area contributed by atoms with E-state index in [1.807, 2.05) is 0 Å². The molecule has 2 N–H and O–H groups in total. The number of benzene rings is 2. The Morgan fingerprint density at radius 3 is 2.41 bits per heavy atom. The molecule has 1 aliphatic heterocycles. The maximum atomic E-state index is 13.0. The summed E-state index contributed by atoms with van der Waals surface area (Å²) in [6, 6.07) is 8.57. The molecule has 1 atom stereocenters. The number of fused-ring (bicyclic) bond motifs is 1. The number of ether oxygens (including phenoxy) is 1. The van der Waals surface area contributed by atoms with Gasteiger partial charge in [0.2, 0.25) is 11.8 Å². The number of nitrogens with one attached hydrogen (secondary N) is 2. The van der Waals surface area contributed by atoms with E-state index in [-0.39, 0.29) is 28.8 Å². The summed E-state index contributed by atoms with van der Waals surface area (Å²) < 4.78 is 44.2. The quantitative estimate of drug-likeness (QED) is 0.644. The first-order chi connectivity index (χ1) is 16.0. The van der Waals surface area contributed by atoms with Gasteiger partial charge in [-0.3, -0.25) is 19.3 Å². The van der Waals surface area contributed by atoms with E-state index in [1.54, 1.807) is 0 Å². The fourth-order valence-electron chi connectivity index (χ4n) is 3.44. The topological polar surface area (TPSA) is 105 Å². The van der Waals surface area contributed by atoms with Gasteiger partial charge in [-0.2, -0.15) is 13.2 Å². The summed E-state index contributed by atoms with van der Waals surface area (Å²) in [5, 5.41) is 5.06. The van der Waals surface area contributed by atoms with Crippen molar-refractivity contribution in [3.8, 4) is 0 Å². The van der Waals surface area contributed by atoms with E-state index >= 15 is 0 Å². The number of nitrogens with zero attached hydrogens (tertiary/aromatic N) is 1. The summed E-state index contributed by atoms with van der Waals surface area (Å²) in [6.07, 6.45) is -4.22. The fourth-order valence-corrected chi connectivity index (χ4v) is 3.44. The molecule has 34 heavy (non-hydrogen) atoms. The number of alkyl halides is 3. The zero-order chi connectivity index (χ0) is 24.6. The van der Waals surface area contributed by atoms with Gasteiger partial charge in [0.15, 0.2) is 6.10 Å². The Balaban J connectivity index is 1.43. The normalized spacial score (nSPS) is 16.2. The molecule has 1 fully saturated rings. The summed E-state index contributed by atoms with van der Waals surface area (Å²) in [4.78, 5) is 50.2. The summed E-state index contributed by atoms with van der Waals surface area (Å²) in [6.45, 7) is 0.870. The Bertz CT molecular complexity index is 1160. The van der Waals surface area contributed by atoms with Gasteiger partial charge in [-0.15, -0.1) is 0 Å². The van der Waals surface area contributed by atoms with Gasteiger partial charge in [0.05, 0.1) is 22.5 Å². The van der Waals surface area contributed by atoms with Gasteiger partial charge >= 0.3 is 12.1 Å². The zero-order valence-electron chi connectivity index (χ0n) is 17.9. The number of esters is 1. The highest BCUT2D eigenvalue weighted by atomic mass is 19.4. The van der Waals surface area contributed by atoms with Crippen LogP contribution in [0, 0.1) is 5.92 Å². The van der Waals surface area contributed by atoms with Crippen molar-refractivity contribution in [3.63, 3.8) is 0 Å². The van der Waals surface area contributed by atoms with E-state index in [4.69, 9.17) is 4.74 Å². The van der Waals surface area contributed by atoms with Crippen LogP contribution in [0.2, 0.25) is 0 Å². The summed E-state index contributed by atoms with van der Waals surface area (Å²) in [5.41, 5.74) is -0.419. The van der Waals surface area contributed by atoms with Gasteiger partial charge in [-0.05, 0) is 62.2 Å². The molecule has 1 aliphatic carbocycles. The molecule has 0 spiro atoms. The second kappa shape index (κ2) is 8.81. The second-order valence-electron chi connectivity index (χ2n) is 8.09. The molecule has 0 bridgehead atoms. The van der Waals surface area contributed by atoms with E-state index < -0.39 is 42.2 Å². The third-order valence-electron chi connectivity index (χ3n) is 5.42. The largest absolute Gasteiger partial charge is 0.449 e. The fraction of sp³-hybridized carbons (Fsp3) is 0.304. The van der Waals surface area contributed by atoms with Crippen LogP contribution in [0.1, 0.15) is 35.7 Å². The Morgan fingerprint density at radius 1 is 1.12 bits per heavy atom. The van der Waals surface area contributed by atoms with Crippen molar-refractivity contribution in [2.45, 2.75) is 32.0 Å². The molecule has 8 nitrogen and oxygen atoms in total. The number of hydrogen-bond acceptors (Lipinski definition) is 5. The Kier molecular flexibility index (Phi) is 6.03. The number of rotatable bonds is 5. The number of hydrogen-bond donors (Lipinski definition) is 2. The highest BCUT2D eigenvalue weighted by molar-refractivity contribution is 6.11. The molecule has 2 aromatic carbocycles. The lowest BCUT2D eigenvalue weighted by Crippen LogP contribution is -2.47. The monoisotopic (exact) mass is 475 g/mol. The molecule has 2 aromatic rings. The number of halogens is 3. The minimum atomic E-state index is -4.62. The lowest BCUT2D eigenvalue weighted by atomic mass is 10.1. The predicted octanol–water partition coefficient (Wildman–Crippen LogP) is 3.58. The van der Waals surface area contributed by atoms with Gasteiger partial charge in [-0.25, -0.2) is 4.79 Å². The Labute approximate surface area is 192 Å². The lowest BCUT2D eigenvalue weighted by molar-refractivity contribution is -0.137. The molecule has 1 saturated carbocycles. The average molecular weight is 475 g/mol. The minimum absolute atomic E-state index is 0.0264. The van der Waals surface area contributed by atoms with E-state index in [2.05, 4.69) is 10.6 Å². The number of amides is 3. The first-order valence-electron chi connectivity index (χ1n) is 10.5. The third-order valence-corrected chi connectivity index (χ3v) is 5.42. The summed E-state index contributed by atoms with van der Waals surface area (Å²) >= 11 is 0. The first kappa shape index (κ1) is 23.3. The van der Waals surface area contributed by atoms with Crippen molar-refractivity contribution in [3.05, 3.63) is 53.6 Å². The first-order valence-corrected chi connectivity index (χ1v) is 10.5. The van der Waals surface area contributed by atoms with Gasteiger partial charge < -0.3 is 15.4 Å². The Hall–Kier alpha value is -3.89. The molecule has 0 radical (unpaired) electrons. The molecule has 3 amide bonds. The molecule has 4 rings (SSSR count). The van der Waals surface area contributed by atoms with E-state index in [1.165, 1.54) is 31.2 Å². The van der Waals surface area contributed by atoms with Crippen molar-refractivity contribution in [2.75, 3.05) is 22.1 Å². The standard InChI is InChI=1S/C23H20F3N3O5/c1-12(34-22(33)14-4-7-16(8-5-14)27-20(31)13-2-3-13)21(32)29-11-19(30)28-17-10-15(23(24,25)26)6-9-18(17)29/h4-10,12-13H,2-3,11H2,1H3,(H,27,31)(H,28,30). The molecule has 1 unspecified atom stereocenters. The minimum Gasteiger partial charge on any atom is -0.449 e. The highest BCUT2D eigenvalue weighted by Gasteiger charge is 2.36. The van der Waals surface area contributed by atoms with E-state index in [0.717, 1.165) is 35.9 Å². The Morgan fingerprint density at radius 2 is 1.79 bits per heavy atom. The lowest BCUT2D eigenvalue weighted by Gasteiger charge is -2.31. The van der Waals surface area contributed by atoms with Crippen molar-refractivity contribution >= 4 is 40.8 Å². The van der Waals surface area contributed by atoms with Crippen LogP contribution >= 0.6 is 0 Å². The molecule has 11 heteroatoms. The molecular weight excluding hydrogens is 455 g/mol. The third kappa shape index (κ3) is 5.03. The van der Waals surface area contributed by atoms with Crippen LogP contribution in [0.3, 0.4) is 0 Å². The van der Waals surface area contributed by atoms with Crippen LogP contribution < -0.4 is 15.5 Å². The summed E-state index contributed by atoms with van der Waals surface area (Å²) in [7, 11) is 0. The van der Waals surface area contributed by atoms with E-state index in [0.29, 0.717) is 5.69 Å². The molecule has 1 heterocycles. The predicted molar refractivity (Wildman–Crippen MR) is 115 cm³/mol. The number of carbonyl (C=O) groups excluding carboxylic acids is 4. The molecular formula is C23H20F3N3O5. The molecule has 178 valence electrons. The van der Waals surface area contributed by atoms with Crippen LogP contribution in [-0.2, 0) is 25.3 Å². The van der Waals surface area contributed by atoms with Gasteiger partial charge in [0.1, 0.15) is 6.54 Å². The van der Waals surface area contributed by atoms with Gasteiger partial charge in [0, 0.05) is 11.6 Å². The van der Waals surface area contributed by atoms with Crippen LogP contribution in [0.15, 0.2) is 42.5 Å². The molecule has 0 saturated heterocycles. The second-order valence-corrected chi connectivity index (χ2v) is 8.09. The number of carbonyl (C=O) groups is 4. The van der Waals surface area contributed by atoms with Crippen LogP contribution in [0.4, 0.5) is 30.2 Å². The smallest absolute Gasteiger partial charge is 0.416 e. The average Bonchev–Trinajstić information content (AvgIpc) is 3.63. The number of anilines is 3. The maximum absolute atomic E-state index is 13.0. The van der Waals surface area contributed by atoms with E-state index in [9.17, 15) is 32.3 Å². The van der Waals surface area contributed by atoms with Gasteiger partial charge in [0.25, 0.3) is 5.91 Å².